The van der Waals surface area contributed by atoms with Crippen molar-refractivity contribution >= 4 is 17.6 Å². The van der Waals surface area contributed by atoms with Gasteiger partial charge in [-0.3, -0.25) is 14.4 Å². The van der Waals surface area contributed by atoms with Gasteiger partial charge in [0, 0.05) is 36.9 Å². The molecule has 0 unspecified atom stereocenters. The van der Waals surface area contributed by atoms with E-state index in [-0.39, 0.29) is 48.2 Å². The van der Waals surface area contributed by atoms with E-state index in [9.17, 15) is 18.8 Å². The minimum absolute atomic E-state index is 0.0404. The zero-order valence-electron chi connectivity index (χ0n) is 22.8. The number of benzene rings is 1. The summed E-state index contributed by atoms with van der Waals surface area (Å²) in [6.45, 7) is 10.5. The van der Waals surface area contributed by atoms with Crippen LogP contribution in [0.25, 0.3) is 11.3 Å². The van der Waals surface area contributed by atoms with Crippen LogP contribution >= 0.6 is 0 Å². The first kappa shape index (κ1) is 28.5. The van der Waals surface area contributed by atoms with Crippen molar-refractivity contribution in [2.24, 2.45) is 5.92 Å². The van der Waals surface area contributed by atoms with Crippen LogP contribution in [0.15, 0.2) is 24.4 Å². The number of likely N-dealkylation sites (tertiary alicyclic amines) is 1. The highest BCUT2D eigenvalue weighted by atomic mass is 19.1. The fourth-order valence-electron chi connectivity index (χ4n) is 4.80. The molecule has 1 aliphatic heterocycles. The normalized spacial score (nSPS) is 17.5. The number of aromatic nitrogens is 2. The number of piperidine rings is 1. The van der Waals surface area contributed by atoms with Gasteiger partial charge in [0.15, 0.2) is 5.78 Å². The second-order valence-electron chi connectivity index (χ2n) is 10.9. The lowest BCUT2D eigenvalue weighted by Gasteiger charge is -2.34. The third kappa shape index (κ3) is 7.98. The van der Waals surface area contributed by atoms with E-state index in [1.165, 1.54) is 6.07 Å². The van der Waals surface area contributed by atoms with E-state index in [0.29, 0.717) is 42.4 Å². The van der Waals surface area contributed by atoms with Crippen molar-refractivity contribution in [2.75, 3.05) is 6.54 Å². The zero-order valence-corrected chi connectivity index (χ0v) is 22.8. The number of carbonyl (C=O) groups is 3. The summed E-state index contributed by atoms with van der Waals surface area (Å²) >= 11 is 0. The van der Waals surface area contributed by atoms with Crippen molar-refractivity contribution in [3.05, 3.63) is 41.6 Å². The number of nitrogens with one attached hydrogen (secondary N) is 2. The van der Waals surface area contributed by atoms with Gasteiger partial charge in [0.25, 0.3) is 0 Å². The molecule has 2 N–H and O–H groups in total. The van der Waals surface area contributed by atoms with E-state index >= 15 is 0 Å². The fourth-order valence-corrected chi connectivity index (χ4v) is 4.80. The number of H-pyrrole nitrogens is 1. The molecular weight excluding hydrogens is 471 g/mol. The van der Waals surface area contributed by atoms with Gasteiger partial charge in [-0.2, -0.15) is 0 Å². The Bertz CT molecular complexity index is 1100. The zero-order chi connectivity index (χ0) is 27.1. The molecule has 1 fully saturated rings. The van der Waals surface area contributed by atoms with Crippen LogP contribution in [0.4, 0.5) is 4.39 Å². The second-order valence-corrected chi connectivity index (χ2v) is 10.9. The lowest BCUT2D eigenvalue weighted by molar-refractivity contribution is -0.138. The molecule has 37 heavy (non-hydrogen) atoms. The summed E-state index contributed by atoms with van der Waals surface area (Å²) < 4.78 is 14.4. The Morgan fingerprint density at radius 2 is 1.95 bits per heavy atom. The van der Waals surface area contributed by atoms with Crippen LogP contribution in [-0.4, -0.2) is 51.1 Å². The largest absolute Gasteiger partial charge is 0.346 e. The third-order valence-electron chi connectivity index (χ3n) is 7.16. The Labute approximate surface area is 219 Å². The molecule has 1 saturated heterocycles. The van der Waals surface area contributed by atoms with Crippen molar-refractivity contribution in [3.8, 4) is 11.3 Å². The maximum atomic E-state index is 14.4. The van der Waals surface area contributed by atoms with Crippen LogP contribution in [0.5, 0.6) is 0 Å². The SMILES string of the molecule is Cc1ccc(-c2cnc([C@H](C)CC(=O)[C@H](CC(=O)N3CCCC[C@@H]3C)NC(=O)CCC(C)C)[nH]2)c(F)c1. The minimum Gasteiger partial charge on any atom is -0.346 e. The van der Waals surface area contributed by atoms with Crippen LogP contribution in [0.1, 0.15) is 89.9 Å². The summed E-state index contributed by atoms with van der Waals surface area (Å²) in [5.74, 6) is -0.233. The maximum absolute atomic E-state index is 14.4. The molecular formula is C29H41FN4O3. The van der Waals surface area contributed by atoms with Crippen molar-refractivity contribution in [1.82, 2.24) is 20.2 Å². The molecule has 202 valence electrons. The molecule has 0 spiro atoms. The molecule has 1 aromatic carbocycles. The lowest BCUT2D eigenvalue weighted by Crippen LogP contribution is -2.48. The average Bonchev–Trinajstić information content (AvgIpc) is 3.32. The third-order valence-corrected chi connectivity index (χ3v) is 7.16. The van der Waals surface area contributed by atoms with Gasteiger partial charge in [0.1, 0.15) is 11.6 Å². The van der Waals surface area contributed by atoms with Gasteiger partial charge in [-0.05, 0) is 63.1 Å². The Hall–Kier alpha value is -3.03. The first-order valence-corrected chi connectivity index (χ1v) is 13.5. The molecule has 1 aliphatic rings. The topological polar surface area (TPSA) is 95.2 Å². The smallest absolute Gasteiger partial charge is 0.225 e. The monoisotopic (exact) mass is 512 g/mol. The Balaban J connectivity index is 1.70. The molecule has 7 nitrogen and oxygen atoms in total. The van der Waals surface area contributed by atoms with Crippen molar-refractivity contribution in [3.63, 3.8) is 0 Å². The van der Waals surface area contributed by atoms with Gasteiger partial charge in [-0.15, -0.1) is 0 Å². The summed E-state index contributed by atoms with van der Waals surface area (Å²) in [6.07, 6.45) is 5.65. The highest BCUT2D eigenvalue weighted by molar-refractivity contribution is 5.93. The van der Waals surface area contributed by atoms with Crippen LogP contribution in [0.2, 0.25) is 0 Å². The lowest BCUT2D eigenvalue weighted by atomic mass is 9.96. The molecule has 2 amide bonds. The van der Waals surface area contributed by atoms with Crippen LogP contribution < -0.4 is 5.32 Å². The number of hydrogen-bond acceptors (Lipinski definition) is 4. The van der Waals surface area contributed by atoms with Crippen molar-refractivity contribution in [1.29, 1.82) is 0 Å². The molecule has 2 aromatic rings. The highest BCUT2D eigenvalue weighted by Gasteiger charge is 2.30. The first-order valence-electron chi connectivity index (χ1n) is 13.5. The van der Waals surface area contributed by atoms with Crippen LogP contribution in [0, 0.1) is 18.7 Å². The van der Waals surface area contributed by atoms with Gasteiger partial charge in [0.05, 0.1) is 24.4 Å². The number of carbonyl (C=O) groups excluding carboxylic acids is 3. The quantitative estimate of drug-likeness (QED) is 0.427. The van der Waals surface area contributed by atoms with Crippen LogP contribution in [0.3, 0.4) is 0 Å². The predicted molar refractivity (Wildman–Crippen MR) is 142 cm³/mol. The molecule has 0 aliphatic carbocycles. The van der Waals surface area contributed by atoms with E-state index in [1.807, 2.05) is 45.6 Å². The number of hydrogen-bond donors (Lipinski definition) is 2. The summed E-state index contributed by atoms with van der Waals surface area (Å²) in [5.41, 5.74) is 1.79. The molecule has 0 bridgehead atoms. The van der Waals surface area contributed by atoms with E-state index in [2.05, 4.69) is 15.3 Å². The number of imidazole rings is 1. The number of rotatable bonds is 11. The number of amides is 2. The number of aromatic amines is 1. The Kier molecular flexibility index (Phi) is 10.0. The fraction of sp³-hybridized carbons (Fsp3) is 0.586. The number of Topliss-reactive ketones (excluding diaryl/α,β-unsaturated/α-hetero) is 1. The number of halogens is 1. The first-order chi connectivity index (χ1) is 17.5. The Morgan fingerprint density at radius 3 is 2.62 bits per heavy atom. The van der Waals surface area contributed by atoms with Gasteiger partial charge in [-0.25, -0.2) is 9.37 Å². The molecule has 8 heteroatoms. The van der Waals surface area contributed by atoms with E-state index in [4.69, 9.17) is 0 Å². The van der Waals surface area contributed by atoms with Gasteiger partial charge in [0.2, 0.25) is 11.8 Å². The molecule has 1 aromatic heterocycles. The second kappa shape index (κ2) is 13.0. The van der Waals surface area contributed by atoms with Gasteiger partial charge in [-0.1, -0.05) is 26.8 Å². The molecule has 3 rings (SSSR count). The molecule has 0 radical (unpaired) electrons. The minimum atomic E-state index is -0.882. The summed E-state index contributed by atoms with van der Waals surface area (Å²) in [5, 5.41) is 2.84. The van der Waals surface area contributed by atoms with E-state index < -0.39 is 6.04 Å². The summed E-state index contributed by atoms with van der Waals surface area (Å²) in [7, 11) is 0. The maximum Gasteiger partial charge on any atom is 0.225 e. The van der Waals surface area contributed by atoms with Crippen molar-refractivity contribution in [2.45, 2.75) is 97.6 Å². The highest BCUT2D eigenvalue weighted by Crippen LogP contribution is 2.26. The average molecular weight is 513 g/mol. The van der Waals surface area contributed by atoms with Gasteiger partial charge >= 0.3 is 0 Å². The van der Waals surface area contributed by atoms with E-state index in [0.717, 1.165) is 24.8 Å². The number of aryl methyl sites for hydroxylation is 1. The standard InChI is InChI=1S/C29H41FN4O3/c1-18(2)9-12-27(36)32-24(16-28(37)34-13-7-6-8-21(34)5)26(35)15-20(4)29-31-17-25(33-29)22-11-10-19(3)14-23(22)30/h10-11,14,17-18,20-21,24H,6-9,12-13,15-16H2,1-5H3,(H,31,33)(H,32,36)/t20-,21+,24+/m1/s1. The van der Waals surface area contributed by atoms with Crippen molar-refractivity contribution < 1.29 is 18.8 Å². The van der Waals surface area contributed by atoms with Gasteiger partial charge < -0.3 is 15.2 Å². The molecule has 0 saturated carbocycles. The summed E-state index contributed by atoms with van der Waals surface area (Å²) in [6, 6.07) is 4.26. The Morgan fingerprint density at radius 1 is 1.19 bits per heavy atom. The number of nitrogens with zero attached hydrogens (tertiary/aromatic N) is 2. The number of ketones is 1. The molecule has 2 heterocycles. The predicted octanol–water partition coefficient (Wildman–Crippen LogP) is 5.30. The van der Waals surface area contributed by atoms with Crippen LogP contribution in [-0.2, 0) is 14.4 Å². The van der Waals surface area contributed by atoms with E-state index in [1.54, 1.807) is 12.3 Å². The molecule has 3 atom stereocenters. The summed E-state index contributed by atoms with van der Waals surface area (Å²) in [4.78, 5) is 48.5.